The molecule has 0 saturated heterocycles. The van der Waals surface area contributed by atoms with E-state index in [0.29, 0.717) is 11.3 Å². The van der Waals surface area contributed by atoms with Gasteiger partial charge >= 0.3 is 0 Å². The van der Waals surface area contributed by atoms with Crippen LogP contribution < -0.4 is 0 Å². The SMILES string of the molecule is CC(C)(C)C1C=C([Si](C)(C)C)c2ccccc21. The summed E-state index contributed by atoms with van der Waals surface area (Å²) in [5.41, 5.74) is 3.38. The van der Waals surface area contributed by atoms with Gasteiger partial charge in [-0.3, -0.25) is 0 Å². The van der Waals surface area contributed by atoms with Gasteiger partial charge in [0, 0.05) is 5.92 Å². The maximum Gasteiger partial charge on any atom is 0.0780 e. The minimum Gasteiger partial charge on any atom is -0.0766 e. The molecule has 1 aliphatic carbocycles. The minimum absolute atomic E-state index is 0.317. The zero-order chi connectivity index (χ0) is 12.8. The molecule has 0 N–H and O–H groups in total. The summed E-state index contributed by atoms with van der Waals surface area (Å²) in [5, 5.41) is 1.65. The van der Waals surface area contributed by atoms with Gasteiger partial charge in [0.1, 0.15) is 0 Å². The van der Waals surface area contributed by atoms with Crippen LogP contribution in [0.2, 0.25) is 19.6 Å². The normalized spacial score (nSPS) is 20.1. The number of rotatable bonds is 1. The molecule has 0 heterocycles. The largest absolute Gasteiger partial charge is 0.0780 e. The number of allylic oxidation sites excluding steroid dienone is 1. The third kappa shape index (κ3) is 2.26. The van der Waals surface area contributed by atoms with Gasteiger partial charge in [-0.25, -0.2) is 0 Å². The molecule has 1 aliphatic rings. The molecule has 0 amide bonds. The van der Waals surface area contributed by atoms with E-state index in [1.807, 2.05) is 0 Å². The van der Waals surface area contributed by atoms with Crippen LogP contribution in [-0.2, 0) is 0 Å². The van der Waals surface area contributed by atoms with Crippen LogP contribution in [-0.4, -0.2) is 8.07 Å². The maximum atomic E-state index is 2.55. The summed E-state index contributed by atoms with van der Waals surface area (Å²) in [6, 6.07) is 8.98. The van der Waals surface area contributed by atoms with E-state index < -0.39 is 8.07 Å². The molecule has 17 heavy (non-hydrogen) atoms. The molecule has 92 valence electrons. The Labute approximate surface area is 107 Å². The highest BCUT2D eigenvalue weighted by Crippen LogP contribution is 2.47. The Bertz CT molecular complexity index is 455. The maximum absolute atomic E-state index is 2.55. The van der Waals surface area contributed by atoms with Crippen molar-refractivity contribution in [2.75, 3.05) is 0 Å². The van der Waals surface area contributed by atoms with Crippen LogP contribution in [0.15, 0.2) is 30.3 Å². The van der Waals surface area contributed by atoms with E-state index in [1.54, 1.807) is 5.20 Å². The van der Waals surface area contributed by atoms with Crippen molar-refractivity contribution in [3.8, 4) is 0 Å². The Morgan fingerprint density at radius 1 is 1.00 bits per heavy atom. The lowest BCUT2D eigenvalue weighted by atomic mass is 9.78. The summed E-state index contributed by atoms with van der Waals surface area (Å²) in [7, 11) is -1.23. The number of hydrogen-bond donors (Lipinski definition) is 0. The molecule has 1 aromatic rings. The van der Waals surface area contributed by atoms with Gasteiger partial charge in [0.05, 0.1) is 8.07 Å². The first-order valence-corrected chi connectivity index (χ1v) is 10.0. The topological polar surface area (TPSA) is 0 Å². The number of fused-ring (bicyclic) bond motifs is 1. The van der Waals surface area contributed by atoms with Crippen LogP contribution in [0, 0.1) is 5.41 Å². The summed E-state index contributed by atoms with van der Waals surface area (Å²) in [6.07, 6.45) is 2.55. The highest BCUT2D eigenvalue weighted by molar-refractivity contribution is 6.93. The van der Waals surface area contributed by atoms with Crippen molar-refractivity contribution in [2.24, 2.45) is 5.41 Å². The zero-order valence-corrected chi connectivity index (χ0v) is 13.0. The predicted octanol–water partition coefficient (Wildman–Crippen LogP) is 5.09. The van der Waals surface area contributed by atoms with Crippen molar-refractivity contribution in [1.29, 1.82) is 0 Å². The lowest BCUT2D eigenvalue weighted by Crippen LogP contribution is -2.21. The van der Waals surface area contributed by atoms with Crippen LogP contribution in [0.3, 0.4) is 0 Å². The highest BCUT2D eigenvalue weighted by Gasteiger charge is 2.35. The van der Waals surface area contributed by atoms with Crippen molar-refractivity contribution < 1.29 is 0 Å². The Morgan fingerprint density at radius 2 is 1.59 bits per heavy atom. The van der Waals surface area contributed by atoms with E-state index in [2.05, 4.69) is 70.8 Å². The van der Waals surface area contributed by atoms with Crippen LogP contribution in [0.25, 0.3) is 5.20 Å². The molecule has 0 aromatic heterocycles. The Balaban J connectivity index is 2.58. The molecule has 1 unspecified atom stereocenters. The summed E-state index contributed by atoms with van der Waals surface area (Å²) in [6.45, 7) is 14.4. The van der Waals surface area contributed by atoms with E-state index in [9.17, 15) is 0 Å². The van der Waals surface area contributed by atoms with Crippen molar-refractivity contribution in [3.63, 3.8) is 0 Å². The number of benzene rings is 1. The molecule has 0 nitrogen and oxygen atoms in total. The van der Waals surface area contributed by atoms with Gasteiger partial charge in [-0.15, -0.1) is 0 Å². The fraction of sp³-hybridized carbons (Fsp3) is 0.500. The quantitative estimate of drug-likeness (QED) is 0.604. The third-order valence-corrected chi connectivity index (χ3v) is 5.71. The molecule has 0 bridgehead atoms. The van der Waals surface area contributed by atoms with Crippen molar-refractivity contribution >= 4 is 13.3 Å². The van der Waals surface area contributed by atoms with Gasteiger partial charge in [0.2, 0.25) is 0 Å². The first-order valence-electron chi connectivity index (χ1n) is 6.53. The van der Waals surface area contributed by atoms with Gasteiger partial charge in [-0.05, 0) is 16.5 Å². The van der Waals surface area contributed by atoms with Gasteiger partial charge in [-0.1, -0.05) is 76.0 Å². The molecule has 2 rings (SSSR count). The lowest BCUT2D eigenvalue weighted by molar-refractivity contribution is 0.370. The summed E-state index contributed by atoms with van der Waals surface area (Å²) >= 11 is 0. The van der Waals surface area contributed by atoms with Gasteiger partial charge in [0.25, 0.3) is 0 Å². The first-order chi connectivity index (χ1) is 7.71. The summed E-state index contributed by atoms with van der Waals surface area (Å²) < 4.78 is 0. The van der Waals surface area contributed by atoms with Crippen molar-refractivity contribution in [3.05, 3.63) is 41.5 Å². The van der Waals surface area contributed by atoms with Gasteiger partial charge in [-0.2, -0.15) is 0 Å². The average molecular weight is 244 g/mol. The molecule has 0 spiro atoms. The molecule has 1 aromatic carbocycles. The van der Waals surface area contributed by atoms with Crippen LogP contribution >= 0.6 is 0 Å². The fourth-order valence-corrected chi connectivity index (χ4v) is 4.43. The second-order valence-electron chi connectivity index (χ2n) is 7.26. The number of hydrogen-bond acceptors (Lipinski definition) is 0. The van der Waals surface area contributed by atoms with Crippen molar-refractivity contribution in [1.82, 2.24) is 0 Å². The van der Waals surface area contributed by atoms with E-state index in [-0.39, 0.29) is 0 Å². The Kier molecular flexibility index (Phi) is 2.85. The first kappa shape index (κ1) is 12.6. The van der Waals surface area contributed by atoms with E-state index in [4.69, 9.17) is 0 Å². The Hall–Kier alpha value is -0.823. The Morgan fingerprint density at radius 3 is 2.12 bits per heavy atom. The van der Waals surface area contributed by atoms with Crippen molar-refractivity contribution in [2.45, 2.75) is 46.3 Å². The molecule has 0 aliphatic heterocycles. The van der Waals surface area contributed by atoms with Gasteiger partial charge in [0.15, 0.2) is 0 Å². The van der Waals surface area contributed by atoms with E-state index in [1.165, 1.54) is 11.1 Å². The summed E-state index contributed by atoms with van der Waals surface area (Å²) in [5.74, 6) is 0.584. The van der Waals surface area contributed by atoms with Crippen LogP contribution in [0.5, 0.6) is 0 Å². The third-order valence-electron chi connectivity index (χ3n) is 3.66. The smallest absolute Gasteiger partial charge is 0.0766 e. The van der Waals surface area contributed by atoms with E-state index in [0.717, 1.165) is 0 Å². The molecule has 0 fully saturated rings. The van der Waals surface area contributed by atoms with Gasteiger partial charge < -0.3 is 0 Å². The predicted molar refractivity (Wildman–Crippen MR) is 80.0 cm³/mol. The van der Waals surface area contributed by atoms with E-state index >= 15 is 0 Å². The van der Waals surface area contributed by atoms with Crippen LogP contribution in [0.1, 0.15) is 37.8 Å². The molecular weight excluding hydrogens is 220 g/mol. The highest BCUT2D eigenvalue weighted by atomic mass is 28.3. The fourth-order valence-electron chi connectivity index (χ4n) is 2.73. The lowest BCUT2D eigenvalue weighted by Gasteiger charge is -2.26. The minimum atomic E-state index is -1.23. The molecule has 0 radical (unpaired) electrons. The molecule has 0 saturated carbocycles. The molecule has 1 atom stereocenters. The average Bonchev–Trinajstić information content (AvgIpc) is 2.55. The second-order valence-corrected chi connectivity index (χ2v) is 12.3. The second kappa shape index (κ2) is 3.84. The monoisotopic (exact) mass is 244 g/mol. The van der Waals surface area contributed by atoms with Crippen LogP contribution in [0.4, 0.5) is 0 Å². The standard InChI is InChI=1S/C16H24Si/c1-16(2,3)14-11-15(17(4,5)6)13-10-8-7-9-12(13)14/h7-11,14H,1-6H3. The zero-order valence-electron chi connectivity index (χ0n) is 12.0. The summed E-state index contributed by atoms with van der Waals surface area (Å²) in [4.78, 5) is 0. The molecule has 1 heteroatoms. The molecular formula is C16H24Si.